The van der Waals surface area contributed by atoms with E-state index in [1.54, 1.807) is 30.3 Å². The second kappa shape index (κ2) is 6.47. The smallest absolute Gasteiger partial charge is 0.353 e. The number of halogens is 1. The number of carboxylic acids is 1. The Labute approximate surface area is 147 Å². The van der Waals surface area contributed by atoms with Gasteiger partial charge in [0.1, 0.15) is 17.8 Å². The standard InChI is InChI=1S/C16H16ClN3O5/c17-8-6-9(21)13-11(15(23)20(13)12(8)16(24)25)19-14(22)10(18)7-4-2-1-3-5-7/h1-5,9-11,13,21H,6,18H2,(H,19,22)(H,24,25)/t9?,10-,11+,13-/m1/s1. The molecular weight excluding hydrogens is 350 g/mol. The van der Waals surface area contributed by atoms with Crippen LogP contribution in [-0.2, 0) is 14.4 Å². The lowest BCUT2D eigenvalue weighted by Gasteiger charge is -2.51. The van der Waals surface area contributed by atoms with Crippen LogP contribution in [-0.4, -0.2) is 51.1 Å². The molecule has 0 aliphatic carbocycles. The minimum absolute atomic E-state index is 0.102. The molecule has 1 saturated heterocycles. The van der Waals surface area contributed by atoms with Crippen molar-refractivity contribution < 1.29 is 24.6 Å². The summed E-state index contributed by atoms with van der Waals surface area (Å²) in [7, 11) is 0. The Balaban J connectivity index is 1.77. The van der Waals surface area contributed by atoms with Gasteiger partial charge >= 0.3 is 5.97 Å². The predicted molar refractivity (Wildman–Crippen MR) is 87.1 cm³/mol. The summed E-state index contributed by atoms with van der Waals surface area (Å²) in [4.78, 5) is 36.8. The molecule has 1 fully saturated rings. The number of nitrogens with two attached hydrogens (primary N) is 1. The molecule has 0 aromatic heterocycles. The second-order valence-corrected chi connectivity index (χ2v) is 6.36. The van der Waals surface area contributed by atoms with Crippen LogP contribution in [0.4, 0.5) is 0 Å². The van der Waals surface area contributed by atoms with Crippen LogP contribution in [0.2, 0.25) is 0 Å². The van der Waals surface area contributed by atoms with E-state index < -0.39 is 42.0 Å². The summed E-state index contributed by atoms with van der Waals surface area (Å²) in [5, 5.41) is 21.7. The van der Waals surface area contributed by atoms with Crippen molar-refractivity contribution >= 4 is 29.4 Å². The quantitative estimate of drug-likeness (QED) is 0.540. The van der Waals surface area contributed by atoms with Crippen LogP contribution in [0.25, 0.3) is 0 Å². The van der Waals surface area contributed by atoms with Crippen molar-refractivity contribution in [3.63, 3.8) is 0 Å². The number of aliphatic hydroxyl groups is 1. The van der Waals surface area contributed by atoms with Crippen LogP contribution in [0.5, 0.6) is 0 Å². The van der Waals surface area contributed by atoms with Gasteiger partial charge < -0.3 is 21.3 Å². The maximum absolute atomic E-state index is 12.3. The lowest BCUT2D eigenvalue weighted by molar-refractivity contribution is -0.162. The highest BCUT2D eigenvalue weighted by molar-refractivity contribution is 6.32. The molecule has 0 spiro atoms. The SMILES string of the molecule is N[C@@H](C(=O)N[C@@H]1C(=O)N2C(C(=O)O)=C(Cl)CC(O)[C@H]12)c1ccccc1. The number of nitrogens with zero attached hydrogens (tertiary/aromatic N) is 1. The third-order valence-corrected chi connectivity index (χ3v) is 4.70. The number of benzene rings is 1. The minimum atomic E-state index is -1.36. The van der Waals surface area contributed by atoms with Gasteiger partial charge in [-0.2, -0.15) is 0 Å². The van der Waals surface area contributed by atoms with Crippen molar-refractivity contribution in [1.82, 2.24) is 10.2 Å². The van der Waals surface area contributed by atoms with E-state index in [1.807, 2.05) is 0 Å². The second-order valence-electron chi connectivity index (χ2n) is 5.90. The minimum Gasteiger partial charge on any atom is -0.477 e. The van der Waals surface area contributed by atoms with E-state index in [0.29, 0.717) is 5.56 Å². The van der Waals surface area contributed by atoms with Crippen LogP contribution < -0.4 is 11.1 Å². The van der Waals surface area contributed by atoms with Crippen LogP contribution in [0, 0.1) is 0 Å². The van der Waals surface area contributed by atoms with Gasteiger partial charge in [-0.15, -0.1) is 0 Å². The predicted octanol–water partition coefficient (Wildman–Crippen LogP) is -0.318. The zero-order chi connectivity index (χ0) is 18.3. The summed E-state index contributed by atoms with van der Waals surface area (Å²) in [6, 6.07) is 5.69. The van der Waals surface area contributed by atoms with Crippen molar-refractivity contribution in [3.05, 3.63) is 46.6 Å². The first-order valence-corrected chi connectivity index (χ1v) is 7.94. The molecule has 1 aromatic rings. The first-order chi connectivity index (χ1) is 11.8. The Hall–Kier alpha value is -2.42. The van der Waals surface area contributed by atoms with Crippen LogP contribution >= 0.6 is 11.6 Å². The van der Waals surface area contributed by atoms with Gasteiger partial charge in [0, 0.05) is 6.42 Å². The van der Waals surface area contributed by atoms with Crippen molar-refractivity contribution in [3.8, 4) is 0 Å². The molecule has 0 radical (unpaired) electrons. The molecule has 2 aliphatic rings. The van der Waals surface area contributed by atoms with Gasteiger partial charge in [-0.1, -0.05) is 41.9 Å². The Morgan fingerprint density at radius 1 is 1.32 bits per heavy atom. The number of carbonyl (C=O) groups is 3. The van der Waals surface area contributed by atoms with Gasteiger partial charge in [0.25, 0.3) is 5.91 Å². The van der Waals surface area contributed by atoms with E-state index in [4.69, 9.17) is 17.3 Å². The topological polar surface area (TPSA) is 133 Å². The number of amides is 2. The van der Waals surface area contributed by atoms with Crippen LogP contribution in [0.1, 0.15) is 18.0 Å². The number of carboxylic acid groups (broad SMARTS) is 1. The number of rotatable bonds is 4. The largest absolute Gasteiger partial charge is 0.477 e. The van der Waals surface area contributed by atoms with Crippen molar-refractivity contribution in [2.45, 2.75) is 30.7 Å². The van der Waals surface area contributed by atoms with Gasteiger partial charge in [0.05, 0.1) is 17.2 Å². The fourth-order valence-electron chi connectivity index (χ4n) is 3.12. The van der Waals surface area contributed by atoms with E-state index in [2.05, 4.69) is 5.32 Å². The van der Waals surface area contributed by atoms with Gasteiger partial charge in [0.15, 0.2) is 0 Å². The Bertz CT molecular complexity index is 766. The Morgan fingerprint density at radius 3 is 2.56 bits per heavy atom. The molecule has 0 bridgehead atoms. The zero-order valence-corrected chi connectivity index (χ0v) is 13.7. The molecule has 8 nitrogen and oxygen atoms in total. The summed E-state index contributed by atoms with van der Waals surface area (Å²) in [5.74, 6) is -2.59. The number of aliphatic hydroxyl groups excluding tert-OH is 1. The maximum Gasteiger partial charge on any atom is 0.353 e. The average molecular weight is 366 g/mol. The summed E-state index contributed by atoms with van der Waals surface area (Å²) >= 11 is 5.85. The summed E-state index contributed by atoms with van der Waals surface area (Å²) in [6.45, 7) is 0. The monoisotopic (exact) mass is 365 g/mol. The first-order valence-electron chi connectivity index (χ1n) is 7.57. The average Bonchev–Trinajstić information content (AvgIpc) is 2.58. The summed E-state index contributed by atoms with van der Waals surface area (Å²) in [5.41, 5.74) is 6.10. The van der Waals surface area contributed by atoms with Crippen LogP contribution in [0.3, 0.4) is 0 Å². The highest BCUT2D eigenvalue weighted by Gasteiger charge is 2.57. The number of fused-ring (bicyclic) bond motifs is 1. The molecule has 2 aliphatic heterocycles. The van der Waals surface area contributed by atoms with Crippen molar-refractivity contribution in [2.75, 3.05) is 0 Å². The third-order valence-electron chi connectivity index (χ3n) is 4.37. The number of aliphatic carboxylic acids is 1. The zero-order valence-electron chi connectivity index (χ0n) is 12.9. The van der Waals surface area contributed by atoms with E-state index in [1.165, 1.54) is 0 Å². The number of nitrogens with one attached hydrogen (secondary N) is 1. The number of hydrogen-bond donors (Lipinski definition) is 4. The van der Waals surface area contributed by atoms with E-state index in [0.717, 1.165) is 4.90 Å². The molecule has 1 aromatic carbocycles. The molecule has 4 atom stereocenters. The molecular formula is C16H16ClN3O5. The van der Waals surface area contributed by atoms with Crippen molar-refractivity contribution in [1.29, 1.82) is 0 Å². The molecule has 0 saturated carbocycles. The maximum atomic E-state index is 12.3. The van der Waals surface area contributed by atoms with Gasteiger partial charge in [0.2, 0.25) is 5.91 Å². The Morgan fingerprint density at radius 2 is 1.96 bits per heavy atom. The Kier molecular flexibility index (Phi) is 4.51. The number of hydrogen-bond acceptors (Lipinski definition) is 5. The first kappa shape index (κ1) is 17.4. The lowest BCUT2D eigenvalue weighted by atomic mass is 9.84. The molecule has 25 heavy (non-hydrogen) atoms. The van der Waals surface area contributed by atoms with E-state index >= 15 is 0 Å². The molecule has 5 N–H and O–H groups in total. The molecule has 132 valence electrons. The fraction of sp³-hybridized carbons (Fsp3) is 0.312. The molecule has 3 rings (SSSR count). The molecule has 9 heteroatoms. The van der Waals surface area contributed by atoms with E-state index in [-0.39, 0.29) is 17.2 Å². The number of β-lactam (4-membered cyclic amide) rings is 1. The normalized spacial score (nSPS) is 26.6. The summed E-state index contributed by atoms with van der Waals surface area (Å²) < 4.78 is 0. The molecule has 2 heterocycles. The van der Waals surface area contributed by atoms with Crippen LogP contribution in [0.15, 0.2) is 41.1 Å². The summed E-state index contributed by atoms with van der Waals surface area (Å²) in [6.07, 6.45) is -1.18. The van der Waals surface area contributed by atoms with Gasteiger partial charge in [-0.05, 0) is 5.56 Å². The van der Waals surface area contributed by atoms with E-state index in [9.17, 15) is 24.6 Å². The lowest BCUT2D eigenvalue weighted by Crippen LogP contribution is -2.75. The van der Waals surface area contributed by atoms with Gasteiger partial charge in [-0.25, -0.2) is 4.79 Å². The van der Waals surface area contributed by atoms with Gasteiger partial charge in [-0.3, -0.25) is 14.5 Å². The van der Waals surface area contributed by atoms with Crippen molar-refractivity contribution in [2.24, 2.45) is 5.73 Å². The fourth-order valence-corrected chi connectivity index (χ4v) is 3.45. The molecule has 2 amide bonds. The number of carbonyl (C=O) groups excluding carboxylic acids is 2. The third kappa shape index (κ3) is 2.88. The molecule has 1 unspecified atom stereocenters. The highest BCUT2D eigenvalue weighted by Crippen LogP contribution is 2.38. The highest BCUT2D eigenvalue weighted by atomic mass is 35.5.